The molecule has 10 unspecified atom stereocenters. The highest BCUT2D eigenvalue weighted by Crippen LogP contribution is 2.20. The predicted octanol–water partition coefficient (Wildman–Crippen LogP) is 3.13. The summed E-state index contributed by atoms with van der Waals surface area (Å²) in [6.07, 6.45) is 13.2. The Morgan fingerprint density at radius 2 is 1.13 bits per heavy atom. The van der Waals surface area contributed by atoms with Gasteiger partial charge in [0.2, 0.25) is 0 Å². The van der Waals surface area contributed by atoms with E-state index in [4.69, 9.17) is 4.74 Å². The molecule has 0 radical (unpaired) electrons. The van der Waals surface area contributed by atoms with Crippen molar-refractivity contribution in [2.75, 3.05) is 0 Å². The third kappa shape index (κ3) is 14.8. The maximum Gasteiger partial charge on any atom is 0.311 e. The van der Waals surface area contributed by atoms with Crippen LogP contribution in [-0.2, 0) is 9.53 Å². The van der Waals surface area contributed by atoms with Crippen molar-refractivity contribution in [2.45, 2.75) is 109 Å². The number of ether oxygens (including phenoxy) is 1. The van der Waals surface area contributed by atoms with Gasteiger partial charge in [-0.15, -0.1) is 0 Å². The Bertz CT molecular complexity index is 832. The van der Waals surface area contributed by atoms with Crippen molar-refractivity contribution < 1.29 is 40.2 Å². The number of aliphatic hydroxyl groups is 6. The van der Waals surface area contributed by atoms with Crippen LogP contribution in [0.15, 0.2) is 60.8 Å². The van der Waals surface area contributed by atoms with Crippen LogP contribution in [0.25, 0.3) is 0 Å². The molecule has 0 amide bonds. The third-order valence-corrected chi connectivity index (χ3v) is 7.28. The summed E-state index contributed by atoms with van der Waals surface area (Å²) in [5.41, 5.74) is 0. The van der Waals surface area contributed by atoms with E-state index in [9.17, 15) is 35.4 Å². The molecule has 0 aromatic heterocycles. The fourth-order valence-corrected chi connectivity index (χ4v) is 4.13. The van der Waals surface area contributed by atoms with Gasteiger partial charge in [-0.05, 0) is 46.0 Å². The average Bonchev–Trinajstić information content (AvgIpc) is 2.87. The van der Waals surface area contributed by atoms with Gasteiger partial charge >= 0.3 is 5.97 Å². The lowest BCUT2D eigenvalue weighted by atomic mass is 9.91. The van der Waals surface area contributed by atoms with Gasteiger partial charge in [-0.1, -0.05) is 74.6 Å². The van der Waals surface area contributed by atoms with Crippen LogP contribution < -0.4 is 0 Å². The van der Waals surface area contributed by atoms with E-state index in [1.807, 2.05) is 43.4 Å². The van der Waals surface area contributed by atoms with Crippen molar-refractivity contribution in [3.05, 3.63) is 60.8 Å². The lowest BCUT2D eigenvalue weighted by Gasteiger charge is -2.25. The van der Waals surface area contributed by atoms with Gasteiger partial charge in [0.25, 0.3) is 0 Å². The van der Waals surface area contributed by atoms with Crippen molar-refractivity contribution >= 4 is 5.97 Å². The van der Waals surface area contributed by atoms with E-state index < -0.39 is 60.5 Å². The molecular weight excluding hydrogens is 500 g/mol. The summed E-state index contributed by atoms with van der Waals surface area (Å²) < 4.78 is 5.53. The molecule has 8 nitrogen and oxygen atoms in total. The molecule has 0 saturated heterocycles. The second-order valence-electron chi connectivity index (χ2n) is 10.8. The highest BCUT2D eigenvalue weighted by atomic mass is 16.5. The summed E-state index contributed by atoms with van der Waals surface area (Å²) in [7, 11) is 0. The maximum absolute atomic E-state index is 12.5. The molecule has 1 aliphatic heterocycles. The average molecular weight is 551 g/mol. The zero-order valence-electron chi connectivity index (χ0n) is 23.8. The summed E-state index contributed by atoms with van der Waals surface area (Å²) in [6.45, 7) is 6.99. The molecular formula is C31H50O8. The van der Waals surface area contributed by atoms with E-state index in [1.165, 1.54) is 0 Å². The van der Waals surface area contributed by atoms with Crippen molar-refractivity contribution in [2.24, 2.45) is 17.8 Å². The molecule has 0 aromatic rings. The van der Waals surface area contributed by atoms with Crippen LogP contribution >= 0.6 is 0 Å². The Kier molecular flexibility index (Phi) is 17.1. The van der Waals surface area contributed by atoms with Gasteiger partial charge in [0.1, 0.15) is 6.10 Å². The first kappa shape index (κ1) is 35.0. The fraction of sp³-hybridized carbons (Fsp3) is 0.645. The van der Waals surface area contributed by atoms with E-state index in [2.05, 4.69) is 0 Å². The molecule has 10 atom stereocenters. The minimum atomic E-state index is -1.07. The molecule has 1 rings (SSSR count). The van der Waals surface area contributed by atoms with Crippen LogP contribution in [0, 0.1) is 17.8 Å². The molecule has 8 heteroatoms. The number of carbonyl (C=O) groups excluding carboxylic acids is 1. The second kappa shape index (κ2) is 19.1. The van der Waals surface area contributed by atoms with Crippen LogP contribution in [0.4, 0.5) is 0 Å². The fourth-order valence-electron chi connectivity index (χ4n) is 4.13. The maximum atomic E-state index is 12.5. The standard InChI is InChI=1S/C31H50O8/c1-21-14-11-9-7-5-6-8-10-12-17-28(35)22(2)29(36)20-27(34)18-25(32)15-13-16-26(33)19-30(37)23(3)31(38)39-24(21)4/h5-12,14,17,21-30,32-37H,13,15-16,18-20H2,1-4H3/b6-5+,9-7+,10-8+,14-11+,17-12+. The smallest absolute Gasteiger partial charge is 0.311 e. The molecule has 222 valence electrons. The van der Waals surface area contributed by atoms with E-state index in [1.54, 1.807) is 45.1 Å². The quantitative estimate of drug-likeness (QED) is 0.252. The third-order valence-electron chi connectivity index (χ3n) is 7.28. The SMILES string of the molecule is CC1/C=C/C=C/C=C/C=C/C=C/C(O)C(C)C(O)CC(O)CC(O)CCCC(O)CC(O)C(C)C(=O)OC1C. The van der Waals surface area contributed by atoms with Crippen LogP contribution in [0.1, 0.15) is 66.2 Å². The monoisotopic (exact) mass is 550 g/mol. The minimum Gasteiger partial charge on any atom is -0.462 e. The zero-order chi connectivity index (χ0) is 29.4. The lowest BCUT2D eigenvalue weighted by molar-refractivity contribution is -0.158. The molecule has 0 saturated carbocycles. The van der Waals surface area contributed by atoms with Gasteiger partial charge < -0.3 is 35.4 Å². The van der Waals surface area contributed by atoms with Crippen molar-refractivity contribution in [1.82, 2.24) is 0 Å². The normalized spacial score (nSPS) is 41.7. The van der Waals surface area contributed by atoms with E-state index in [0.717, 1.165) is 0 Å². The summed E-state index contributed by atoms with van der Waals surface area (Å²) >= 11 is 0. The number of esters is 1. The first-order valence-electron chi connectivity index (χ1n) is 14.1. The molecule has 6 N–H and O–H groups in total. The summed E-state index contributed by atoms with van der Waals surface area (Å²) in [5.74, 6) is -1.88. The molecule has 39 heavy (non-hydrogen) atoms. The van der Waals surface area contributed by atoms with Crippen molar-refractivity contribution in [3.8, 4) is 0 Å². The Morgan fingerprint density at radius 3 is 1.72 bits per heavy atom. The topological polar surface area (TPSA) is 148 Å². The number of aliphatic hydroxyl groups excluding tert-OH is 6. The Morgan fingerprint density at radius 1 is 0.641 bits per heavy atom. The van der Waals surface area contributed by atoms with Crippen LogP contribution in [0.3, 0.4) is 0 Å². The van der Waals surface area contributed by atoms with Gasteiger partial charge in [-0.2, -0.15) is 0 Å². The molecule has 0 bridgehead atoms. The number of rotatable bonds is 0. The largest absolute Gasteiger partial charge is 0.462 e. The first-order valence-corrected chi connectivity index (χ1v) is 14.1. The minimum absolute atomic E-state index is 0.00712. The van der Waals surface area contributed by atoms with Crippen LogP contribution in [0.5, 0.6) is 0 Å². The summed E-state index contributed by atoms with van der Waals surface area (Å²) in [6, 6.07) is 0. The predicted molar refractivity (Wildman–Crippen MR) is 152 cm³/mol. The van der Waals surface area contributed by atoms with E-state index in [0.29, 0.717) is 19.3 Å². The van der Waals surface area contributed by atoms with Gasteiger partial charge in [0.15, 0.2) is 0 Å². The van der Waals surface area contributed by atoms with Gasteiger partial charge in [0, 0.05) is 18.3 Å². The second-order valence-corrected chi connectivity index (χ2v) is 10.8. The lowest BCUT2D eigenvalue weighted by Crippen LogP contribution is -2.33. The number of carbonyl (C=O) groups is 1. The zero-order valence-corrected chi connectivity index (χ0v) is 23.8. The number of hydrogen-bond donors (Lipinski definition) is 6. The number of allylic oxidation sites excluding steroid dienone is 8. The van der Waals surface area contributed by atoms with Crippen LogP contribution in [0.2, 0.25) is 0 Å². The molecule has 1 aliphatic rings. The summed E-state index contributed by atoms with van der Waals surface area (Å²) in [4.78, 5) is 12.5. The van der Waals surface area contributed by atoms with Crippen molar-refractivity contribution in [1.29, 1.82) is 0 Å². The van der Waals surface area contributed by atoms with Gasteiger partial charge in [-0.3, -0.25) is 4.79 Å². The van der Waals surface area contributed by atoms with Gasteiger partial charge in [-0.25, -0.2) is 0 Å². The van der Waals surface area contributed by atoms with Crippen LogP contribution in [-0.4, -0.2) is 79.3 Å². The summed E-state index contributed by atoms with van der Waals surface area (Å²) in [5, 5.41) is 62.1. The molecule has 0 fully saturated rings. The Hall–Kier alpha value is -2.07. The van der Waals surface area contributed by atoms with Crippen molar-refractivity contribution in [3.63, 3.8) is 0 Å². The number of cyclic esters (lactones) is 1. The Labute approximate surface area is 233 Å². The van der Waals surface area contributed by atoms with E-state index >= 15 is 0 Å². The Balaban J connectivity index is 2.89. The highest BCUT2D eigenvalue weighted by Gasteiger charge is 2.28. The molecule has 0 aromatic carbocycles. The number of hydrogen-bond acceptors (Lipinski definition) is 8. The molecule has 0 spiro atoms. The highest BCUT2D eigenvalue weighted by molar-refractivity contribution is 5.72. The first-order chi connectivity index (χ1) is 18.4. The molecule has 1 heterocycles. The molecule has 0 aliphatic carbocycles. The van der Waals surface area contributed by atoms with E-state index in [-0.39, 0.29) is 25.2 Å². The van der Waals surface area contributed by atoms with Gasteiger partial charge in [0.05, 0.1) is 42.5 Å².